The molecule has 0 radical (unpaired) electrons. The molecule has 4 N–H and O–H groups in total. The third-order valence-corrected chi connectivity index (χ3v) is 5.15. The van der Waals surface area contributed by atoms with Gasteiger partial charge in [0.15, 0.2) is 5.11 Å². The number of hydrogen-bond donors (Lipinski definition) is 3. The van der Waals surface area contributed by atoms with E-state index in [-0.39, 0.29) is 11.1 Å². The normalized spacial score (nSPS) is 10.5. The van der Waals surface area contributed by atoms with Crippen LogP contribution in [0, 0.1) is 12.7 Å². The second-order valence-corrected chi connectivity index (χ2v) is 7.49. The summed E-state index contributed by atoms with van der Waals surface area (Å²) in [4.78, 5) is 11.4. The highest BCUT2D eigenvalue weighted by molar-refractivity contribution is 7.80. The Morgan fingerprint density at radius 1 is 1.03 bits per heavy atom. The molecule has 8 heteroatoms. The fourth-order valence-electron chi connectivity index (χ4n) is 2.68. The third-order valence-electron chi connectivity index (χ3n) is 4.22. The minimum Gasteiger partial charge on any atom is -0.366 e. The Hall–Kier alpha value is -2.67. The van der Waals surface area contributed by atoms with Gasteiger partial charge in [-0.15, -0.1) is 0 Å². The summed E-state index contributed by atoms with van der Waals surface area (Å²) < 4.78 is 14.6. The minimum absolute atomic E-state index is 0.178. The van der Waals surface area contributed by atoms with Gasteiger partial charge >= 0.3 is 0 Å². The van der Waals surface area contributed by atoms with Gasteiger partial charge in [0.05, 0.1) is 16.3 Å². The lowest BCUT2D eigenvalue weighted by Crippen LogP contribution is -2.19. The number of primary amides is 1. The van der Waals surface area contributed by atoms with Gasteiger partial charge in [-0.05, 0) is 60.6 Å². The maximum Gasteiger partial charge on any atom is 0.251 e. The SMILES string of the molecule is Cc1ccc(NC(=S)Nc2ccc(-c3cccc(C(N)=O)c3F)cc2Cl)cc1Cl. The van der Waals surface area contributed by atoms with E-state index in [1.165, 1.54) is 6.07 Å². The Morgan fingerprint density at radius 3 is 2.45 bits per heavy atom. The first-order chi connectivity index (χ1) is 13.8. The summed E-state index contributed by atoms with van der Waals surface area (Å²) >= 11 is 17.8. The lowest BCUT2D eigenvalue weighted by molar-refractivity contribution is 0.0996. The van der Waals surface area contributed by atoms with E-state index in [4.69, 9.17) is 41.2 Å². The van der Waals surface area contributed by atoms with Gasteiger partial charge in [0.2, 0.25) is 0 Å². The first-order valence-electron chi connectivity index (χ1n) is 8.48. The number of nitrogens with two attached hydrogens (primary N) is 1. The maximum absolute atomic E-state index is 14.6. The summed E-state index contributed by atoms with van der Waals surface area (Å²) in [5.41, 5.74) is 7.99. The van der Waals surface area contributed by atoms with Crippen LogP contribution in [0.15, 0.2) is 54.6 Å². The molecule has 0 fully saturated rings. The maximum atomic E-state index is 14.6. The van der Waals surface area contributed by atoms with E-state index in [1.807, 2.05) is 19.1 Å². The van der Waals surface area contributed by atoms with Crippen molar-refractivity contribution in [2.24, 2.45) is 5.73 Å². The molecule has 0 saturated heterocycles. The number of carbonyl (C=O) groups is 1. The quantitative estimate of drug-likeness (QED) is 0.428. The van der Waals surface area contributed by atoms with Crippen molar-refractivity contribution in [1.29, 1.82) is 0 Å². The lowest BCUT2D eigenvalue weighted by atomic mass is 10.0. The Kier molecular flexibility index (Phi) is 6.37. The molecule has 0 bridgehead atoms. The molecule has 3 aromatic rings. The molecule has 0 unspecified atom stereocenters. The van der Waals surface area contributed by atoms with Gasteiger partial charge in [-0.1, -0.05) is 47.5 Å². The topological polar surface area (TPSA) is 67.2 Å². The van der Waals surface area contributed by atoms with Crippen LogP contribution < -0.4 is 16.4 Å². The van der Waals surface area contributed by atoms with Crippen LogP contribution in [0.2, 0.25) is 10.0 Å². The molecule has 0 heterocycles. The summed E-state index contributed by atoms with van der Waals surface area (Å²) in [5, 5.41) is 7.30. The lowest BCUT2D eigenvalue weighted by Gasteiger charge is -2.14. The van der Waals surface area contributed by atoms with Crippen LogP contribution >= 0.6 is 35.4 Å². The molecule has 4 nitrogen and oxygen atoms in total. The molecule has 148 valence electrons. The van der Waals surface area contributed by atoms with Crippen molar-refractivity contribution in [3.63, 3.8) is 0 Å². The standard InChI is InChI=1S/C21H16Cl2FN3OS/c1-11-5-7-13(10-16(11)22)26-21(29)27-18-8-6-12(9-17(18)23)14-3-2-4-15(19(14)24)20(25)28/h2-10H,1H3,(H2,25,28)(H2,26,27,29). The van der Waals surface area contributed by atoms with Crippen molar-refractivity contribution >= 4 is 57.8 Å². The molecule has 0 aromatic heterocycles. The van der Waals surface area contributed by atoms with Crippen LogP contribution in [0.5, 0.6) is 0 Å². The Labute approximate surface area is 182 Å². The highest BCUT2D eigenvalue weighted by atomic mass is 35.5. The van der Waals surface area contributed by atoms with Gasteiger partial charge in [-0.2, -0.15) is 0 Å². The highest BCUT2D eigenvalue weighted by Gasteiger charge is 2.15. The molecule has 0 aliphatic heterocycles. The Bertz CT molecular complexity index is 1120. The van der Waals surface area contributed by atoms with E-state index in [2.05, 4.69) is 10.6 Å². The second kappa shape index (κ2) is 8.78. The van der Waals surface area contributed by atoms with Gasteiger partial charge in [0.25, 0.3) is 5.91 Å². The van der Waals surface area contributed by atoms with E-state index in [1.54, 1.807) is 36.4 Å². The number of nitrogens with one attached hydrogen (secondary N) is 2. The molecule has 0 aliphatic carbocycles. The number of thiocarbonyl (C=S) groups is 1. The predicted molar refractivity (Wildman–Crippen MR) is 121 cm³/mol. The Morgan fingerprint density at radius 2 is 1.79 bits per heavy atom. The number of halogens is 3. The number of carbonyl (C=O) groups excluding carboxylic acids is 1. The van der Waals surface area contributed by atoms with Gasteiger partial charge in [-0.3, -0.25) is 4.79 Å². The van der Waals surface area contributed by atoms with Crippen LogP contribution in [-0.4, -0.2) is 11.0 Å². The zero-order chi connectivity index (χ0) is 21.1. The minimum atomic E-state index is -0.832. The van der Waals surface area contributed by atoms with Gasteiger partial charge in [0.1, 0.15) is 5.82 Å². The monoisotopic (exact) mass is 447 g/mol. The van der Waals surface area contributed by atoms with Crippen LogP contribution in [0.3, 0.4) is 0 Å². The number of benzene rings is 3. The summed E-state index contributed by atoms with van der Waals surface area (Å²) in [5.74, 6) is -1.52. The fraction of sp³-hybridized carbons (Fsp3) is 0.0476. The van der Waals surface area contributed by atoms with Crippen molar-refractivity contribution in [2.45, 2.75) is 6.92 Å². The summed E-state index contributed by atoms with van der Waals surface area (Å²) in [6.45, 7) is 1.91. The predicted octanol–water partition coefficient (Wildman–Crippen LogP) is 6.02. The molecular weight excluding hydrogens is 432 g/mol. The fourth-order valence-corrected chi connectivity index (χ4v) is 3.32. The van der Waals surface area contributed by atoms with Crippen LogP contribution in [0.25, 0.3) is 11.1 Å². The number of hydrogen-bond acceptors (Lipinski definition) is 2. The zero-order valence-corrected chi connectivity index (χ0v) is 17.6. The molecule has 0 atom stereocenters. The van der Waals surface area contributed by atoms with Crippen LogP contribution in [0.1, 0.15) is 15.9 Å². The smallest absolute Gasteiger partial charge is 0.251 e. The van der Waals surface area contributed by atoms with E-state index in [0.29, 0.717) is 26.4 Å². The molecule has 1 amide bonds. The molecule has 0 spiro atoms. The van der Waals surface area contributed by atoms with Crippen molar-refractivity contribution in [3.8, 4) is 11.1 Å². The molecule has 29 heavy (non-hydrogen) atoms. The number of aryl methyl sites for hydroxylation is 1. The summed E-state index contributed by atoms with van der Waals surface area (Å²) in [7, 11) is 0. The van der Waals surface area contributed by atoms with Crippen molar-refractivity contribution in [3.05, 3.63) is 81.6 Å². The van der Waals surface area contributed by atoms with E-state index >= 15 is 0 Å². The average molecular weight is 448 g/mol. The molecule has 3 aromatic carbocycles. The number of anilines is 2. The molecule has 3 rings (SSSR count). The third kappa shape index (κ3) is 4.85. The largest absolute Gasteiger partial charge is 0.366 e. The van der Waals surface area contributed by atoms with Crippen molar-refractivity contribution < 1.29 is 9.18 Å². The number of amides is 1. The van der Waals surface area contributed by atoms with Gasteiger partial charge < -0.3 is 16.4 Å². The van der Waals surface area contributed by atoms with E-state index in [9.17, 15) is 9.18 Å². The average Bonchev–Trinajstić information content (AvgIpc) is 2.66. The first kappa shape index (κ1) is 21.0. The summed E-state index contributed by atoms with van der Waals surface area (Å²) in [6, 6.07) is 14.9. The second-order valence-electron chi connectivity index (χ2n) is 6.27. The Balaban J connectivity index is 1.79. The van der Waals surface area contributed by atoms with Crippen LogP contribution in [-0.2, 0) is 0 Å². The zero-order valence-electron chi connectivity index (χ0n) is 15.2. The first-order valence-corrected chi connectivity index (χ1v) is 9.65. The van der Waals surface area contributed by atoms with Gasteiger partial charge in [0, 0.05) is 16.3 Å². The highest BCUT2D eigenvalue weighted by Crippen LogP contribution is 2.31. The van der Waals surface area contributed by atoms with E-state index in [0.717, 1.165) is 11.3 Å². The number of rotatable bonds is 4. The van der Waals surface area contributed by atoms with Crippen molar-refractivity contribution in [2.75, 3.05) is 10.6 Å². The molecule has 0 saturated carbocycles. The van der Waals surface area contributed by atoms with Gasteiger partial charge in [-0.25, -0.2) is 4.39 Å². The molecule has 0 aliphatic rings. The summed E-state index contributed by atoms with van der Waals surface area (Å²) in [6.07, 6.45) is 0. The molecular formula is C21H16Cl2FN3OS. The van der Waals surface area contributed by atoms with E-state index < -0.39 is 11.7 Å². The van der Waals surface area contributed by atoms with Crippen molar-refractivity contribution in [1.82, 2.24) is 0 Å². The van der Waals surface area contributed by atoms with Crippen LogP contribution in [0.4, 0.5) is 15.8 Å².